The van der Waals surface area contributed by atoms with Gasteiger partial charge in [0, 0.05) is 6.04 Å². The Hall–Kier alpha value is -2.49. The van der Waals surface area contributed by atoms with Crippen molar-refractivity contribution >= 4 is 17.3 Å². The Morgan fingerprint density at radius 1 is 1.24 bits per heavy atom. The van der Waals surface area contributed by atoms with Gasteiger partial charge in [-0.15, -0.1) is 0 Å². The van der Waals surface area contributed by atoms with Gasteiger partial charge >= 0.3 is 5.97 Å². The predicted molar refractivity (Wildman–Crippen MR) is 85.4 cm³/mol. The standard InChI is InChI=1S/C17H20N2O2/c1-11-6-4-5-7-14(11)12(2)19-16-9-8-13(10-15(16)18)17(20)21-3/h4-10,12,19H,18H2,1-3H3. The molecule has 0 spiro atoms. The Morgan fingerprint density at radius 3 is 2.57 bits per heavy atom. The maximum Gasteiger partial charge on any atom is 0.337 e. The van der Waals surface area contributed by atoms with Crippen LogP contribution in [0.2, 0.25) is 0 Å². The highest BCUT2D eigenvalue weighted by Gasteiger charge is 2.11. The third-order valence-electron chi connectivity index (χ3n) is 3.50. The van der Waals surface area contributed by atoms with E-state index in [9.17, 15) is 4.79 Å². The van der Waals surface area contributed by atoms with Gasteiger partial charge in [-0.25, -0.2) is 4.79 Å². The minimum atomic E-state index is -0.389. The second-order valence-corrected chi connectivity index (χ2v) is 5.02. The third-order valence-corrected chi connectivity index (χ3v) is 3.50. The van der Waals surface area contributed by atoms with Crippen LogP contribution in [0.1, 0.15) is 34.5 Å². The zero-order chi connectivity index (χ0) is 15.4. The van der Waals surface area contributed by atoms with E-state index in [2.05, 4.69) is 36.0 Å². The van der Waals surface area contributed by atoms with Gasteiger partial charge < -0.3 is 15.8 Å². The number of esters is 1. The Balaban J connectivity index is 2.20. The van der Waals surface area contributed by atoms with E-state index < -0.39 is 0 Å². The summed E-state index contributed by atoms with van der Waals surface area (Å²) in [7, 11) is 1.35. The number of carbonyl (C=O) groups excluding carboxylic acids is 1. The Bertz CT molecular complexity index is 653. The number of nitrogens with two attached hydrogens (primary N) is 1. The van der Waals surface area contributed by atoms with Gasteiger partial charge in [0.2, 0.25) is 0 Å². The van der Waals surface area contributed by atoms with Crippen LogP contribution in [0, 0.1) is 6.92 Å². The number of methoxy groups -OCH3 is 1. The first-order valence-electron chi connectivity index (χ1n) is 6.83. The molecular formula is C17H20N2O2. The maximum absolute atomic E-state index is 11.5. The van der Waals surface area contributed by atoms with Crippen molar-refractivity contribution in [3.05, 3.63) is 59.2 Å². The van der Waals surface area contributed by atoms with Gasteiger partial charge in [0.1, 0.15) is 0 Å². The number of rotatable bonds is 4. The predicted octanol–water partition coefficient (Wildman–Crippen LogP) is 3.54. The smallest absolute Gasteiger partial charge is 0.337 e. The van der Waals surface area contributed by atoms with Crippen molar-refractivity contribution in [3.8, 4) is 0 Å². The Morgan fingerprint density at radius 2 is 1.95 bits per heavy atom. The van der Waals surface area contributed by atoms with E-state index in [4.69, 9.17) is 5.73 Å². The van der Waals surface area contributed by atoms with Crippen LogP contribution in [0.15, 0.2) is 42.5 Å². The van der Waals surface area contributed by atoms with Gasteiger partial charge in [-0.1, -0.05) is 24.3 Å². The van der Waals surface area contributed by atoms with Gasteiger partial charge in [-0.05, 0) is 43.2 Å². The molecule has 4 nitrogen and oxygen atoms in total. The third kappa shape index (κ3) is 3.34. The molecule has 3 N–H and O–H groups in total. The number of hydrogen-bond acceptors (Lipinski definition) is 4. The highest BCUT2D eigenvalue weighted by atomic mass is 16.5. The summed E-state index contributed by atoms with van der Waals surface area (Å²) >= 11 is 0. The first kappa shape index (κ1) is 14.9. The second-order valence-electron chi connectivity index (χ2n) is 5.02. The first-order valence-corrected chi connectivity index (χ1v) is 6.83. The van der Waals surface area contributed by atoms with Crippen LogP contribution in [0.4, 0.5) is 11.4 Å². The highest BCUT2D eigenvalue weighted by molar-refractivity contribution is 5.91. The molecule has 0 saturated heterocycles. The van der Waals surface area contributed by atoms with Gasteiger partial charge in [0.25, 0.3) is 0 Å². The van der Waals surface area contributed by atoms with E-state index in [1.165, 1.54) is 18.2 Å². The molecular weight excluding hydrogens is 264 g/mol. The van der Waals surface area contributed by atoms with Crippen molar-refractivity contribution in [2.45, 2.75) is 19.9 Å². The average molecular weight is 284 g/mol. The molecule has 1 unspecified atom stereocenters. The highest BCUT2D eigenvalue weighted by Crippen LogP contribution is 2.26. The fourth-order valence-electron chi connectivity index (χ4n) is 2.32. The summed E-state index contributed by atoms with van der Waals surface area (Å²) < 4.78 is 4.68. The van der Waals surface area contributed by atoms with Crippen LogP contribution in [0.5, 0.6) is 0 Å². The summed E-state index contributed by atoms with van der Waals surface area (Å²) in [4.78, 5) is 11.5. The van der Waals surface area contributed by atoms with E-state index in [1.807, 2.05) is 12.1 Å². The zero-order valence-corrected chi connectivity index (χ0v) is 12.5. The summed E-state index contributed by atoms with van der Waals surface area (Å²) in [6.45, 7) is 4.16. The maximum atomic E-state index is 11.5. The lowest BCUT2D eigenvalue weighted by molar-refractivity contribution is 0.0601. The van der Waals surface area contributed by atoms with Crippen LogP contribution < -0.4 is 11.1 Å². The molecule has 0 aliphatic heterocycles. The van der Waals surface area contributed by atoms with E-state index >= 15 is 0 Å². The van der Waals surface area contributed by atoms with Crippen LogP contribution in [0.3, 0.4) is 0 Å². The molecule has 21 heavy (non-hydrogen) atoms. The monoisotopic (exact) mass is 284 g/mol. The van der Waals surface area contributed by atoms with Crippen LogP contribution >= 0.6 is 0 Å². The molecule has 4 heteroatoms. The topological polar surface area (TPSA) is 64.3 Å². The van der Waals surface area contributed by atoms with Gasteiger partial charge in [-0.3, -0.25) is 0 Å². The molecule has 0 aliphatic rings. The summed E-state index contributed by atoms with van der Waals surface area (Å²) in [5.74, 6) is -0.389. The molecule has 0 radical (unpaired) electrons. The largest absolute Gasteiger partial charge is 0.465 e. The number of carbonyl (C=O) groups is 1. The second kappa shape index (κ2) is 6.31. The number of ether oxygens (including phenoxy) is 1. The van der Waals surface area contributed by atoms with Crippen molar-refractivity contribution in [3.63, 3.8) is 0 Å². The Kier molecular flexibility index (Phi) is 4.48. The van der Waals surface area contributed by atoms with E-state index in [1.54, 1.807) is 18.2 Å². The summed E-state index contributed by atoms with van der Waals surface area (Å²) in [5.41, 5.74) is 10.2. The summed E-state index contributed by atoms with van der Waals surface area (Å²) in [6, 6.07) is 13.5. The van der Waals surface area contributed by atoms with Crippen molar-refractivity contribution in [1.82, 2.24) is 0 Å². The number of anilines is 2. The minimum Gasteiger partial charge on any atom is -0.465 e. The fourth-order valence-corrected chi connectivity index (χ4v) is 2.32. The van der Waals surface area contributed by atoms with Gasteiger partial charge in [0.05, 0.1) is 24.0 Å². The number of nitrogen functional groups attached to an aromatic ring is 1. The molecule has 0 aliphatic carbocycles. The lowest BCUT2D eigenvalue weighted by Gasteiger charge is -2.19. The van der Waals surface area contributed by atoms with E-state index in [0.717, 1.165) is 5.69 Å². The molecule has 2 aromatic carbocycles. The summed E-state index contributed by atoms with van der Waals surface area (Å²) in [5, 5.41) is 3.37. The van der Waals surface area contributed by atoms with E-state index in [-0.39, 0.29) is 12.0 Å². The molecule has 0 aromatic heterocycles. The van der Waals surface area contributed by atoms with Gasteiger partial charge in [0.15, 0.2) is 0 Å². The van der Waals surface area contributed by atoms with Crippen molar-refractivity contribution < 1.29 is 9.53 Å². The van der Waals surface area contributed by atoms with Crippen molar-refractivity contribution in [1.29, 1.82) is 0 Å². The van der Waals surface area contributed by atoms with Gasteiger partial charge in [-0.2, -0.15) is 0 Å². The number of hydrogen-bond donors (Lipinski definition) is 2. The molecule has 0 bridgehead atoms. The van der Waals surface area contributed by atoms with Crippen LogP contribution in [-0.4, -0.2) is 13.1 Å². The Labute approximate surface area is 124 Å². The molecule has 0 amide bonds. The number of benzene rings is 2. The fraction of sp³-hybridized carbons (Fsp3) is 0.235. The molecule has 0 fully saturated rings. The molecule has 110 valence electrons. The van der Waals surface area contributed by atoms with E-state index in [0.29, 0.717) is 11.3 Å². The van der Waals surface area contributed by atoms with Crippen LogP contribution in [-0.2, 0) is 4.74 Å². The minimum absolute atomic E-state index is 0.123. The zero-order valence-electron chi connectivity index (χ0n) is 12.5. The quantitative estimate of drug-likeness (QED) is 0.666. The van der Waals surface area contributed by atoms with Crippen molar-refractivity contribution in [2.75, 3.05) is 18.2 Å². The number of nitrogens with one attached hydrogen (secondary N) is 1. The molecule has 1 atom stereocenters. The number of aryl methyl sites for hydroxylation is 1. The SMILES string of the molecule is COC(=O)c1ccc(NC(C)c2ccccc2C)c(N)c1. The average Bonchev–Trinajstić information content (AvgIpc) is 2.48. The lowest BCUT2D eigenvalue weighted by Crippen LogP contribution is -2.10. The molecule has 0 heterocycles. The summed E-state index contributed by atoms with van der Waals surface area (Å²) in [6.07, 6.45) is 0. The van der Waals surface area contributed by atoms with Crippen molar-refractivity contribution in [2.24, 2.45) is 0 Å². The molecule has 0 saturated carbocycles. The molecule has 2 rings (SSSR count). The van der Waals surface area contributed by atoms with Crippen LogP contribution in [0.25, 0.3) is 0 Å². The molecule has 2 aromatic rings. The lowest BCUT2D eigenvalue weighted by atomic mass is 10.0. The normalized spacial score (nSPS) is 11.8. The first-order chi connectivity index (χ1) is 10.0.